The number of halogens is 4. The highest BCUT2D eigenvalue weighted by Crippen LogP contribution is 2.22. The number of nitrogens with zero attached hydrogens (tertiary/aromatic N) is 1. The van der Waals surface area contributed by atoms with Gasteiger partial charge in [0.15, 0.2) is 6.61 Å². The molecule has 0 aliphatic carbocycles. The number of likely N-dealkylation sites (N-methyl/N-ethyl adjacent to an activating group) is 1. The minimum atomic E-state index is -4.60. The topological polar surface area (TPSA) is 58.6 Å². The van der Waals surface area contributed by atoms with Crippen molar-refractivity contribution in [2.75, 3.05) is 20.2 Å². The Morgan fingerprint density at radius 1 is 1.43 bits per heavy atom. The molecule has 118 valence electrons. The molecule has 0 spiro atoms. The van der Waals surface area contributed by atoms with Gasteiger partial charge in [-0.2, -0.15) is 13.2 Å². The van der Waals surface area contributed by atoms with Crippen molar-refractivity contribution in [1.82, 2.24) is 10.2 Å². The number of carbonyl (C=O) groups excluding carboxylic acids is 2. The van der Waals surface area contributed by atoms with Crippen LogP contribution in [-0.2, 0) is 16.1 Å². The Bertz CT molecular complexity index is 507. The lowest BCUT2D eigenvalue weighted by molar-refractivity contribution is -0.160. The first-order valence-electron chi connectivity index (χ1n) is 5.63. The molecular formula is C11H12ClF3N2O3S. The Labute approximate surface area is 127 Å². The summed E-state index contributed by atoms with van der Waals surface area (Å²) in [5.74, 6) is -0.469. The number of thiophene rings is 1. The van der Waals surface area contributed by atoms with Crippen LogP contribution < -0.4 is 5.32 Å². The van der Waals surface area contributed by atoms with E-state index < -0.39 is 31.3 Å². The van der Waals surface area contributed by atoms with Crippen LogP contribution in [-0.4, -0.2) is 43.3 Å². The molecule has 1 rings (SSSR count). The zero-order chi connectivity index (χ0) is 16.0. The quantitative estimate of drug-likeness (QED) is 0.893. The second-order valence-electron chi connectivity index (χ2n) is 4.00. The fourth-order valence-corrected chi connectivity index (χ4v) is 2.38. The third-order valence-electron chi connectivity index (χ3n) is 2.20. The van der Waals surface area contributed by atoms with E-state index in [1.165, 1.54) is 23.3 Å². The predicted molar refractivity (Wildman–Crippen MR) is 71.2 cm³/mol. The lowest BCUT2D eigenvalue weighted by Gasteiger charge is -2.16. The van der Waals surface area contributed by atoms with Crippen LogP contribution in [0, 0.1) is 0 Å². The van der Waals surface area contributed by atoms with Crippen molar-refractivity contribution in [2.45, 2.75) is 12.7 Å². The molecule has 0 bridgehead atoms. The van der Waals surface area contributed by atoms with Crippen LogP contribution in [0.2, 0.25) is 4.34 Å². The van der Waals surface area contributed by atoms with Crippen molar-refractivity contribution in [3.05, 3.63) is 21.3 Å². The molecule has 0 aliphatic rings. The van der Waals surface area contributed by atoms with E-state index in [0.29, 0.717) is 4.34 Å². The molecule has 0 unspecified atom stereocenters. The maximum absolute atomic E-state index is 11.8. The number of rotatable bonds is 5. The number of alkyl halides is 3. The van der Waals surface area contributed by atoms with Gasteiger partial charge in [0.1, 0.15) is 6.54 Å². The summed E-state index contributed by atoms with van der Waals surface area (Å²) in [7, 11) is 1.50. The Kier molecular flexibility index (Phi) is 6.28. The number of alkyl carbamates (subject to hydrolysis) is 1. The third kappa shape index (κ3) is 7.19. The number of amides is 2. The number of hydrogen-bond acceptors (Lipinski definition) is 4. The van der Waals surface area contributed by atoms with Gasteiger partial charge in [-0.15, -0.1) is 11.3 Å². The van der Waals surface area contributed by atoms with Crippen LogP contribution in [0.15, 0.2) is 12.1 Å². The largest absolute Gasteiger partial charge is 0.440 e. The van der Waals surface area contributed by atoms with E-state index >= 15 is 0 Å². The smallest absolute Gasteiger partial charge is 0.422 e. The highest BCUT2D eigenvalue weighted by molar-refractivity contribution is 7.16. The fraction of sp³-hybridized carbons (Fsp3) is 0.455. The van der Waals surface area contributed by atoms with Crippen LogP contribution in [0.3, 0.4) is 0 Å². The summed E-state index contributed by atoms with van der Waals surface area (Å²) < 4.78 is 39.9. The molecule has 0 saturated carbocycles. The number of ether oxygens (including phenoxy) is 1. The molecule has 1 aromatic rings. The lowest BCUT2D eigenvalue weighted by atomic mass is 10.4. The number of carbonyl (C=O) groups is 2. The average Bonchev–Trinajstić information content (AvgIpc) is 2.78. The molecule has 0 saturated heterocycles. The normalized spacial score (nSPS) is 11.1. The zero-order valence-corrected chi connectivity index (χ0v) is 12.4. The maximum atomic E-state index is 11.8. The van der Waals surface area contributed by atoms with Crippen LogP contribution >= 0.6 is 22.9 Å². The first kappa shape index (κ1) is 17.6. The zero-order valence-electron chi connectivity index (χ0n) is 10.9. The highest BCUT2D eigenvalue weighted by atomic mass is 35.5. The van der Waals surface area contributed by atoms with Gasteiger partial charge in [0.25, 0.3) is 0 Å². The molecule has 0 atom stereocenters. The summed E-state index contributed by atoms with van der Waals surface area (Å²) >= 11 is 7.05. The standard InChI is InChI=1S/C11H12ClF3N2O3S/c1-17(5-7-2-3-8(12)21-7)9(18)4-16-10(19)20-6-11(13,14)15/h2-3H,4-6H2,1H3,(H,16,19). The maximum Gasteiger partial charge on any atom is 0.422 e. The molecule has 21 heavy (non-hydrogen) atoms. The first-order valence-corrected chi connectivity index (χ1v) is 6.82. The minimum Gasteiger partial charge on any atom is -0.440 e. The van der Waals surface area contributed by atoms with Crippen LogP contribution in [0.1, 0.15) is 4.88 Å². The second-order valence-corrected chi connectivity index (χ2v) is 5.80. The summed E-state index contributed by atoms with van der Waals surface area (Å²) in [6, 6.07) is 3.44. The van der Waals surface area contributed by atoms with Gasteiger partial charge in [-0.3, -0.25) is 4.79 Å². The molecule has 10 heteroatoms. The monoisotopic (exact) mass is 344 g/mol. The van der Waals surface area contributed by atoms with Crippen LogP contribution in [0.5, 0.6) is 0 Å². The van der Waals surface area contributed by atoms with E-state index in [9.17, 15) is 22.8 Å². The summed E-state index contributed by atoms with van der Waals surface area (Å²) in [5.41, 5.74) is 0. The van der Waals surface area contributed by atoms with Crippen molar-refractivity contribution in [3.63, 3.8) is 0 Å². The highest BCUT2D eigenvalue weighted by Gasteiger charge is 2.29. The molecular weight excluding hydrogens is 333 g/mol. The van der Waals surface area contributed by atoms with E-state index in [4.69, 9.17) is 11.6 Å². The van der Waals surface area contributed by atoms with Gasteiger partial charge in [0.2, 0.25) is 5.91 Å². The van der Waals surface area contributed by atoms with E-state index in [1.54, 1.807) is 12.1 Å². The Morgan fingerprint density at radius 3 is 2.62 bits per heavy atom. The summed E-state index contributed by atoms with van der Waals surface area (Å²) in [5, 5.41) is 1.95. The van der Waals surface area contributed by atoms with E-state index in [0.717, 1.165) is 4.88 Å². The molecule has 1 aromatic heterocycles. The minimum absolute atomic E-state index is 0.287. The second kappa shape index (κ2) is 7.51. The molecule has 0 aliphatic heterocycles. The molecule has 0 aromatic carbocycles. The number of nitrogens with one attached hydrogen (secondary N) is 1. The van der Waals surface area contributed by atoms with Gasteiger partial charge in [-0.25, -0.2) is 4.79 Å². The van der Waals surface area contributed by atoms with Crippen molar-refractivity contribution in [3.8, 4) is 0 Å². The van der Waals surface area contributed by atoms with Gasteiger partial charge in [-0.05, 0) is 12.1 Å². The molecule has 2 amide bonds. The van der Waals surface area contributed by atoms with Gasteiger partial charge in [0.05, 0.1) is 10.9 Å². The molecule has 0 fully saturated rings. The van der Waals surface area contributed by atoms with Gasteiger partial charge >= 0.3 is 12.3 Å². The van der Waals surface area contributed by atoms with Gasteiger partial charge in [0, 0.05) is 11.9 Å². The van der Waals surface area contributed by atoms with Crippen LogP contribution in [0.4, 0.5) is 18.0 Å². The SMILES string of the molecule is CN(Cc1ccc(Cl)s1)C(=O)CNC(=O)OCC(F)(F)F. The van der Waals surface area contributed by atoms with E-state index in [-0.39, 0.29) is 6.54 Å². The molecule has 1 heterocycles. The van der Waals surface area contributed by atoms with Gasteiger partial charge < -0.3 is 15.0 Å². The lowest BCUT2D eigenvalue weighted by Crippen LogP contribution is -2.38. The van der Waals surface area contributed by atoms with E-state index in [2.05, 4.69) is 4.74 Å². The summed E-state index contributed by atoms with van der Waals surface area (Å²) in [6.07, 6.45) is -5.90. The van der Waals surface area contributed by atoms with Crippen molar-refractivity contribution >= 4 is 34.9 Å². The first-order chi connectivity index (χ1) is 9.67. The summed E-state index contributed by atoms with van der Waals surface area (Å²) in [4.78, 5) is 24.8. The van der Waals surface area contributed by atoms with Crippen LogP contribution in [0.25, 0.3) is 0 Å². The number of hydrogen-bond donors (Lipinski definition) is 1. The Hall–Kier alpha value is -1.48. The molecule has 1 N–H and O–H groups in total. The summed E-state index contributed by atoms with van der Waals surface area (Å²) in [6.45, 7) is -1.86. The van der Waals surface area contributed by atoms with Crippen molar-refractivity contribution < 1.29 is 27.5 Å². The van der Waals surface area contributed by atoms with Crippen molar-refractivity contribution in [1.29, 1.82) is 0 Å². The van der Waals surface area contributed by atoms with E-state index in [1.807, 2.05) is 5.32 Å². The predicted octanol–water partition coefficient (Wildman–Crippen LogP) is 2.65. The molecule has 0 radical (unpaired) electrons. The fourth-order valence-electron chi connectivity index (χ4n) is 1.24. The Balaban J connectivity index is 2.31. The van der Waals surface area contributed by atoms with Gasteiger partial charge in [-0.1, -0.05) is 11.6 Å². The third-order valence-corrected chi connectivity index (χ3v) is 3.41. The Morgan fingerprint density at radius 2 is 2.10 bits per heavy atom. The molecule has 5 nitrogen and oxygen atoms in total. The average molecular weight is 345 g/mol. The van der Waals surface area contributed by atoms with Crippen molar-refractivity contribution in [2.24, 2.45) is 0 Å².